The fourth-order valence-corrected chi connectivity index (χ4v) is 4.64. The lowest BCUT2D eigenvalue weighted by Gasteiger charge is -2.32. The number of thiazole rings is 1. The van der Waals surface area contributed by atoms with Crippen LogP contribution in [-0.4, -0.2) is 28.9 Å². The molecule has 0 spiro atoms. The Morgan fingerprint density at radius 3 is 2.41 bits per heavy atom. The minimum atomic E-state index is -0.274. The quantitative estimate of drug-likeness (QED) is 0.619. The molecule has 0 N–H and O–H groups in total. The highest BCUT2D eigenvalue weighted by atomic mass is 32.1. The van der Waals surface area contributed by atoms with E-state index in [9.17, 15) is 9.18 Å². The zero-order valence-electron chi connectivity index (χ0n) is 15.2. The van der Waals surface area contributed by atoms with Crippen molar-refractivity contribution in [1.29, 1.82) is 0 Å². The highest BCUT2D eigenvalue weighted by molar-refractivity contribution is 7.17. The van der Waals surface area contributed by atoms with Gasteiger partial charge in [0.15, 0.2) is 0 Å². The van der Waals surface area contributed by atoms with E-state index in [-0.39, 0.29) is 11.7 Å². The Morgan fingerprint density at radius 1 is 1.07 bits per heavy atom. The van der Waals surface area contributed by atoms with E-state index in [2.05, 4.69) is 29.2 Å². The topological polar surface area (TPSA) is 33.2 Å². The standard InChI is InChI=1S/C22H21FN2OS/c1-15-20(27-21(24-15)18-7-9-19(23)10-8-18)22(26)25-13-11-17(12-14-25)16-5-3-2-4-6-16/h2-10,17H,11-14H2,1H3. The fraction of sp³-hybridized carbons (Fsp3) is 0.273. The molecule has 1 amide bonds. The number of nitrogens with zero attached hydrogens (tertiary/aromatic N) is 2. The second-order valence-electron chi connectivity index (χ2n) is 6.92. The summed E-state index contributed by atoms with van der Waals surface area (Å²) < 4.78 is 13.1. The molecule has 1 saturated heterocycles. The van der Waals surface area contributed by atoms with E-state index in [1.807, 2.05) is 17.9 Å². The number of hydrogen-bond donors (Lipinski definition) is 0. The number of benzene rings is 2. The first-order valence-electron chi connectivity index (χ1n) is 9.19. The van der Waals surface area contributed by atoms with Crippen LogP contribution in [0.25, 0.3) is 10.6 Å². The molecule has 0 radical (unpaired) electrons. The Labute approximate surface area is 162 Å². The van der Waals surface area contributed by atoms with Crippen molar-refractivity contribution in [2.75, 3.05) is 13.1 Å². The van der Waals surface area contributed by atoms with Crippen LogP contribution in [0.1, 0.15) is 39.7 Å². The van der Waals surface area contributed by atoms with E-state index < -0.39 is 0 Å². The van der Waals surface area contributed by atoms with Crippen molar-refractivity contribution in [2.45, 2.75) is 25.7 Å². The molecule has 0 bridgehead atoms. The molecule has 0 unspecified atom stereocenters. The zero-order chi connectivity index (χ0) is 18.8. The third-order valence-electron chi connectivity index (χ3n) is 5.14. The van der Waals surface area contributed by atoms with Crippen molar-refractivity contribution in [1.82, 2.24) is 9.88 Å². The van der Waals surface area contributed by atoms with Gasteiger partial charge in [0.2, 0.25) is 0 Å². The fourth-order valence-electron chi connectivity index (χ4n) is 3.60. The van der Waals surface area contributed by atoms with Gasteiger partial charge in [0.05, 0.1) is 5.69 Å². The van der Waals surface area contributed by atoms with Crippen LogP contribution in [-0.2, 0) is 0 Å². The van der Waals surface area contributed by atoms with Crippen LogP contribution in [0.2, 0.25) is 0 Å². The lowest BCUT2D eigenvalue weighted by Crippen LogP contribution is -2.37. The molecular weight excluding hydrogens is 359 g/mol. The Kier molecular flexibility index (Phi) is 5.03. The van der Waals surface area contributed by atoms with Crippen LogP contribution in [0.4, 0.5) is 4.39 Å². The van der Waals surface area contributed by atoms with E-state index in [1.165, 1.54) is 29.0 Å². The second kappa shape index (κ2) is 7.61. The van der Waals surface area contributed by atoms with Crippen molar-refractivity contribution in [2.24, 2.45) is 0 Å². The predicted molar refractivity (Wildman–Crippen MR) is 107 cm³/mol. The van der Waals surface area contributed by atoms with Crippen molar-refractivity contribution in [3.05, 3.63) is 76.5 Å². The van der Waals surface area contributed by atoms with Gasteiger partial charge in [-0.2, -0.15) is 0 Å². The SMILES string of the molecule is Cc1nc(-c2ccc(F)cc2)sc1C(=O)N1CCC(c2ccccc2)CC1. The highest BCUT2D eigenvalue weighted by Gasteiger charge is 2.27. The number of aryl methyl sites for hydroxylation is 1. The van der Waals surface area contributed by atoms with Gasteiger partial charge in [-0.05, 0) is 55.5 Å². The average Bonchev–Trinajstić information content (AvgIpc) is 3.10. The van der Waals surface area contributed by atoms with E-state index >= 15 is 0 Å². The van der Waals surface area contributed by atoms with Crippen molar-refractivity contribution < 1.29 is 9.18 Å². The van der Waals surface area contributed by atoms with Crippen LogP contribution >= 0.6 is 11.3 Å². The second-order valence-corrected chi connectivity index (χ2v) is 7.92. The Hall–Kier alpha value is -2.53. The van der Waals surface area contributed by atoms with E-state index in [4.69, 9.17) is 0 Å². The number of carbonyl (C=O) groups excluding carboxylic acids is 1. The van der Waals surface area contributed by atoms with E-state index in [1.54, 1.807) is 12.1 Å². The van der Waals surface area contributed by atoms with Gasteiger partial charge in [0.25, 0.3) is 5.91 Å². The van der Waals surface area contributed by atoms with Gasteiger partial charge < -0.3 is 4.90 Å². The third kappa shape index (κ3) is 3.78. The number of aromatic nitrogens is 1. The predicted octanol–water partition coefficient (Wildman–Crippen LogP) is 5.28. The molecule has 2 aromatic carbocycles. The van der Waals surface area contributed by atoms with Gasteiger partial charge in [0, 0.05) is 18.7 Å². The minimum absolute atomic E-state index is 0.0601. The van der Waals surface area contributed by atoms with Crippen LogP contribution in [0.15, 0.2) is 54.6 Å². The molecule has 0 atom stereocenters. The van der Waals surface area contributed by atoms with Gasteiger partial charge in [0.1, 0.15) is 15.7 Å². The molecule has 1 aliphatic rings. The molecule has 0 saturated carbocycles. The Morgan fingerprint density at radius 2 is 1.74 bits per heavy atom. The third-order valence-corrected chi connectivity index (χ3v) is 6.33. The largest absolute Gasteiger partial charge is 0.338 e. The Balaban J connectivity index is 1.47. The van der Waals surface area contributed by atoms with Crippen molar-refractivity contribution in [3.8, 4) is 10.6 Å². The number of rotatable bonds is 3. The number of piperidine rings is 1. The van der Waals surface area contributed by atoms with Crippen LogP contribution in [0.5, 0.6) is 0 Å². The summed E-state index contributed by atoms with van der Waals surface area (Å²) in [4.78, 5) is 20.2. The first-order valence-corrected chi connectivity index (χ1v) is 10.0. The molecule has 138 valence electrons. The molecule has 4 rings (SSSR count). The maximum atomic E-state index is 13.1. The van der Waals surface area contributed by atoms with Gasteiger partial charge in [-0.15, -0.1) is 11.3 Å². The zero-order valence-corrected chi connectivity index (χ0v) is 16.0. The number of hydrogen-bond acceptors (Lipinski definition) is 3. The number of amides is 1. The van der Waals surface area contributed by atoms with Crippen LogP contribution in [0.3, 0.4) is 0 Å². The molecular formula is C22H21FN2OS. The molecule has 3 nitrogen and oxygen atoms in total. The monoisotopic (exact) mass is 380 g/mol. The smallest absolute Gasteiger partial charge is 0.265 e. The van der Waals surface area contributed by atoms with Gasteiger partial charge in [-0.25, -0.2) is 9.37 Å². The number of halogens is 1. The normalized spacial score (nSPS) is 15.1. The summed E-state index contributed by atoms with van der Waals surface area (Å²) in [5.41, 5.74) is 2.94. The lowest BCUT2D eigenvalue weighted by atomic mass is 9.89. The lowest BCUT2D eigenvalue weighted by molar-refractivity contribution is 0.0717. The molecule has 0 aliphatic carbocycles. The molecule has 1 fully saturated rings. The van der Waals surface area contributed by atoms with E-state index in [0.717, 1.165) is 42.2 Å². The molecule has 27 heavy (non-hydrogen) atoms. The molecule has 3 aromatic rings. The number of carbonyl (C=O) groups is 1. The molecule has 1 aromatic heterocycles. The van der Waals surface area contributed by atoms with Gasteiger partial charge in [-0.1, -0.05) is 30.3 Å². The average molecular weight is 380 g/mol. The van der Waals surface area contributed by atoms with Gasteiger partial charge >= 0.3 is 0 Å². The summed E-state index contributed by atoms with van der Waals surface area (Å²) in [5.74, 6) is 0.307. The summed E-state index contributed by atoms with van der Waals surface area (Å²) in [7, 11) is 0. The molecule has 1 aliphatic heterocycles. The van der Waals surface area contributed by atoms with Crippen molar-refractivity contribution in [3.63, 3.8) is 0 Å². The number of likely N-dealkylation sites (tertiary alicyclic amines) is 1. The van der Waals surface area contributed by atoms with Gasteiger partial charge in [-0.3, -0.25) is 4.79 Å². The maximum absolute atomic E-state index is 13.1. The van der Waals surface area contributed by atoms with Crippen molar-refractivity contribution >= 4 is 17.2 Å². The van der Waals surface area contributed by atoms with Crippen LogP contribution in [0, 0.1) is 12.7 Å². The minimum Gasteiger partial charge on any atom is -0.338 e. The maximum Gasteiger partial charge on any atom is 0.265 e. The summed E-state index contributed by atoms with van der Waals surface area (Å²) in [6, 6.07) is 16.8. The summed E-state index contributed by atoms with van der Waals surface area (Å²) in [6.07, 6.45) is 1.97. The van der Waals surface area contributed by atoms with E-state index in [0.29, 0.717) is 10.8 Å². The first kappa shape index (κ1) is 17.9. The molecule has 2 heterocycles. The van der Waals surface area contributed by atoms with Crippen LogP contribution < -0.4 is 0 Å². The summed E-state index contributed by atoms with van der Waals surface area (Å²) in [5, 5.41) is 0.759. The first-order chi connectivity index (χ1) is 13.1. The summed E-state index contributed by atoms with van der Waals surface area (Å²) >= 11 is 1.39. The highest BCUT2D eigenvalue weighted by Crippen LogP contribution is 2.32. The molecule has 5 heteroatoms. The Bertz CT molecular complexity index is 929. The summed E-state index contributed by atoms with van der Waals surface area (Å²) in [6.45, 7) is 3.40.